The van der Waals surface area contributed by atoms with E-state index in [1.807, 2.05) is 0 Å². The number of nitrogens with zero attached hydrogens (tertiary/aromatic N) is 1. The van der Waals surface area contributed by atoms with Crippen molar-refractivity contribution in [1.29, 1.82) is 0 Å². The summed E-state index contributed by atoms with van der Waals surface area (Å²) >= 11 is 5.48. The quantitative estimate of drug-likeness (QED) is 0.774. The van der Waals surface area contributed by atoms with Crippen molar-refractivity contribution in [3.63, 3.8) is 0 Å². The molecule has 1 saturated heterocycles. The molecule has 1 aromatic rings. The van der Waals surface area contributed by atoms with Crippen molar-refractivity contribution in [3.05, 3.63) is 29.3 Å². The summed E-state index contributed by atoms with van der Waals surface area (Å²) in [5, 5.41) is 0. The molecular weight excluding hydrogens is 324 g/mol. The molecule has 0 amide bonds. The van der Waals surface area contributed by atoms with Crippen LogP contribution in [-0.2, 0) is 20.6 Å². The van der Waals surface area contributed by atoms with Gasteiger partial charge in [-0.3, -0.25) is 0 Å². The summed E-state index contributed by atoms with van der Waals surface area (Å²) in [4.78, 5) is -0.530. The Morgan fingerprint density at radius 2 is 2.14 bits per heavy atom. The highest BCUT2D eigenvalue weighted by atomic mass is 35.5. The summed E-state index contributed by atoms with van der Waals surface area (Å²) in [5.74, 6) is -2.30. The third-order valence-corrected chi connectivity index (χ3v) is 5.70. The maximum absolute atomic E-state index is 14.2. The molecule has 0 spiro atoms. The topological polar surface area (TPSA) is 46.6 Å². The summed E-state index contributed by atoms with van der Waals surface area (Å²) in [5.41, 5.74) is -0.426. The van der Waals surface area contributed by atoms with Crippen molar-refractivity contribution in [2.75, 3.05) is 26.8 Å². The molecule has 1 aromatic carbocycles. The second-order valence-corrected chi connectivity index (χ2v) is 7.12. The number of sulfonamides is 1. The van der Waals surface area contributed by atoms with Crippen molar-refractivity contribution in [3.8, 4) is 0 Å². The van der Waals surface area contributed by atoms with Gasteiger partial charge in [0.2, 0.25) is 10.0 Å². The van der Waals surface area contributed by atoms with Crippen molar-refractivity contribution < 1.29 is 21.9 Å². The van der Waals surface area contributed by atoms with Crippen LogP contribution in [0.15, 0.2) is 17.0 Å². The highest BCUT2D eigenvalue weighted by molar-refractivity contribution is 7.89. The first kappa shape index (κ1) is 16.6. The lowest BCUT2D eigenvalue weighted by Crippen LogP contribution is -2.30. The molecule has 1 atom stereocenters. The lowest BCUT2D eigenvalue weighted by Gasteiger charge is -2.18. The van der Waals surface area contributed by atoms with Crippen LogP contribution in [0.25, 0.3) is 0 Å². The Labute approximate surface area is 127 Å². The van der Waals surface area contributed by atoms with Gasteiger partial charge in [0.1, 0.15) is 10.7 Å². The van der Waals surface area contributed by atoms with Crippen LogP contribution < -0.4 is 0 Å². The van der Waals surface area contributed by atoms with E-state index in [0.29, 0.717) is 19.6 Å². The van der Waals surface area contributed by atoms with E-state index in [2.05, 4.69) is 0 Å². The normalized spacial score (nSPS) is 20.1. The highest BCUT2D eigenvalue weighted by Gasteiger charge is 2.35. The summed E-state index contributed by atoms with van der Waals surface area (Å²) in [6.07, 6.45) is 0.651. The Kier molecular flexibility index (Phi) is 5.19. The van der Waals surface area contributed by atoms with Crippen molar-refractivity contribution in [2.24, 2.45) is 5.92 Å². The van der Waals surface area contributed by atoms with Gasteiger partial charge in [-0.15, -0.1) is 11.6 Å². The maximum atomic E-state index is 14.2. The van der Waals surface area contributed by atoms with Gasteiger partial charge in [0.05, 0.1) is 12.5 Å². The van der Waals surface area contributed by atoms with Crippen LogP contribution in [0.3, 0.4) is 0 Å². The molecule has 1 heterocycles. The second kappa shape index (κ2) is 6.56. The molecule has 118 valence electrons. The Morgan fingerprint density at radius 3 is 2.76 bits per heavy atom. The lowest BCUT2D eigenvalue weighted by atomic mass is 10.1. The van der Waals surface area contributed by atoms with Gasteiger partial charge < -0.3 is 4.74 Å². The maximum Gasteiger partial charge on any atom is 0.246 e. The Bertz CT molecular complexity index is 624. The standard InChI is InChI=1S/C13H16ClF2NO3S/c1-20-8-9-4-5-17(7-9)21(18,19)12-3-2-11(15)10(6-14)13(12)16/h2-3,9H,4-8H2,1H3. The predicted molar refractivity (Wildman–Crippen MR) is 74.7 cm³/mol. The molecule has 1 fully saturated rings. The summed E-state index contributed by atoms with van der Waals surface area (Å²) in [6.45, 7) is 1.01. The third kappa shape index (κ3) is 3.21. The zero-order valence-electron chi connectivity index (χ0n) is 11.5. The molecule has 2 rings (SSSR count). The summed E-state index contributed by atoms with van der Waals surface area (Å²) in [7, 11) is -2.45. The summed E-state index contributed by atoms with van der Waals surface area (Å²) in [6, 6.07) is 1.87. The van der Waals surface area contributed by atoms with Crippen LogP contribution in [-0.4, -0.2) is 39.5 Å². The van der Waals surface area contributed by atoms with Gasteiger partial charge in [0, 0.05) is 25.8 Å². The molecule has 0 N–H and O–H groups in total. The fraction of sp³-hybridized carbons (Fsp3) is 0.538. The molecule has 1 aliphatic heterocycles. The first-order valence-corrected chi connectivity index (χ1v) is 8.41. The zero-order chi connectivity index (χ0) is 15.6. The number of alkyl halides is 1. The van der Waals surface area contributed by atoms with E-state index < -0.39 is 38.0 Å². The minimum absolute atomic E-state index is 0.0841. The average molecular weight is 340 g/mol. The average Bonchev–Trinajstić information content (AvgIpc) is 2.89. The van der Waals surface area contributed by atoms with Crippen LogP contribution in [0, 0.1) is 17.6 Å². The predicted octanol–water partition coefficient (Wildman–Crippen LogP) is 2.36. The van der Waals surface area contributed by atoms with Gasteiger partial charge in [0.15, 0.2) is 5.82 Å². The molecule has 0 radical (unpaired) electrons. The molecule has 0 bridgehead atoms. The van der Waals surface area contributed by atoms with E-state index in [0.717, 1.165) is 12.1 Å². The second-order valence-electron chi connectivity index (χ2n) is 4.94. The molecule has 4 nitrogen and oxygen atoms in total. The molecule has 0 aliphatic carbocycles. The van der Waals surface area contributed by atoms with Gasteiger partial charge in [-0.25, -0.2) is 17.2 Å². The largest absolute Gasteiger partial charge is 0.384 e. The SMILES string of the molecule is COCC1CCN(S(=O)(=O)c2ccc(F)c(CCl)c2F)C1. The minimum Gasteiger partial charge on any atom is -0.384 e. The van der Waals surface area contributed by atoms with Crippen molar-refractivity contribution in [1.82, 2.24) is 4.31 Å². The summed E-state index contributed by atoms with van der Waals surface area (Å²) < 4.78 is 58.7. The van der Waals surface area contributed by atoms with E-state index in [4.69, 9.17) is 16.3 Å². The number of hydrogen-bond donors (Lipinski definition) is 0. The van der Waals surface area contributed by atoms with Crippen LogP contribution in [0.2, 0.25) is 0 Å². The third-order valence-electron chi connectivity index (χ3n) is 3.55. The van der Waals surface area contributed by atoms with E-state index in [1.165, 1.54) is 4.31 Å². The zero-order valence-corrected chi connectivity index (χ0v) is 13.1. The van der Waals surface area contributed by atoms with Gasteiger partial charge in [-0.1, -0.05) is 0 Å². The fourth-order valence-corrected chi connectivity index (χ4v) is 4.29. The molecular formula is C13H16ClF2NO3S. The van der Waals surface area contributed by atoms with E-state index in [1.54, 1.807) is 7.11 Å². The van der Waals surface area contributed by atoms with Crippen LogP contribution in [0.4, 0.5) is 8.78 Å². The minimum atomic E-state index is -3.99. The molecule has 21 heavy (non-hydrogen) atoms. The molecule has 8 heteroatoms. The Balaban J connectivity index is 2.33. The van der Waals surface area contributed by atoms with Crippen LogP contribution >= 0.6 is 11.6 Å². The first-order chi connectivity index (χ1) is 9.91. The number of methoxy groups -OCH3 is 1. The van der Waals surface area contributed by atoms with Gasteiger partial charge >= 0.3 is 0 Å². The van der Waals surface area contributed by atoms with Crippen LogP contribution in [0.1, 0.15) is 12.0 Å². The number of ether oxygens (including phenoxy) is 1. The molecule has 0 saturated carbocycles. The van der Waals surface area contributed by atoms with E-state index in [9.17, 15) is 17.2 Å². The number of hydrogen-bond acceptors (Lipinski definition) is 3. The van der Waals surface area contributed by atoms with Crippen molar-refractivity contribution in [2.45, 2.75) is 17.2 Å². The first-order valence-electron chi connectivity index (χ1n) is 6.43. The van der Waals surface area contributed by atoms with Gasteiger partial charge in [-0.05, 0) is 24.5 Å². The van der Waals surface area contributed by atoms with E-state index >= 15 is 0 Å². The molecule has 1 unspecified atom stereocenters. The van der Waals surface area contributed by atoms with Crippen molar-refractivity contribution >= 4 is 21.6 Å². The Hall–Kier alpha value is -0.760. The fourth-order valence-electron chi connectivity index (χ4n) is 2.42. The lowest BCUT2D eigenvalue weighted by molar-refractivity contribution is 0.157. The highest BCUT2D eigenvalue weighted by Crippen LogP contribution is 2.28. The van der Waals surface area contributed by atoms with E-state index in [-0.39, 0.29) is 12.5 Å². The number of halogens is 3. The monoisotopic (exact) mass is 339 g/mol. The number of rotatable bonds is 5. The molecule has 1 aliphatic rings. The van der Waals surface area contributed by atoms with Gasteiger partial charge in [-0.2, -0.15) is 4.31 Å². The smallest absolute Gasteiger partial charge is 0.246 e. The van der Waals surface area contributed by atoms with Gasteiger partial charge in [0.25, 0.3) is 0 Å². The van der Waals surface area contributed by atoms with Crippen LogP contribution in [0.5, 0.6) is 0 Å². The Morgan fingerprint density at radius 1 is 1.43 bits per heavy atom. The molecule has 0 aromatic heterocycles. The number of benzene rings is 1.